The third-order valence-electron chi connectivity index (χ3n) is 5.68. The smallest absolute Gasteiger partial charge is 0.234 e. The molecule has 1 fully saturated rings. The number of carbonyl (C=O) groups is 2. The van der Waals surface area contributed by atoms with E-state index in [1.165, 1.54) is 0 Å². The van der Waals surface area contributed by atoms with Gasteiger partial charge in [0.1, 0.15) is 5.76 Å². The second-order valence-corrected chi connectivity index (χ2v) is 8.00. The standard InChI is InChI=1S/C22H18Cl2O3/c23-17-10-9-14(11-18(17)24)12-5-7-13(8-6-12)19-20(25)15-3-1-2-4-16(15)21(26)22(19)27/h1-4,9-13,25H,5-8H2. The van der Waals surface area contributed by atoms with Gasteiger partial charge in [-0.25, -0.2) is 0 Å². The van der Waals surface area contributed by atoms with Crippen LogP contribution in [0.25, 0.3) is 5.76 Å². The highest BCUT2D eigenvalue weighted by molar-refractivity contribution is 6.52. The van der Waals surface area contributed by atoms with Gasteiger partial charge in [0.25, 0.3) is 0 Å². The minimum absolute atomic E-state index is 0.0341. The molecular weight excluding hydrogens is 383 g/mol. The van der Waals surface area contributed by atoms with Gasteiger partial charge in [-0.3, -0.25) is 9.59 Å². The number of Topliss-reactive ketones (excluding diaryl/α,β-unsaturated/α-hetero) is 2. The summed E-state index contributed by atoms with van der Waals surface area (Å²) in [4.78, 5) is 25.1. The van der Waals surface area contributed by atoms with Crippen molar-refractivity contribution >= 4 is 40.5 Å². The van der Waals surface area contributed by atoms with E-state index in [4.69, 9.17) is 23.2 Å². The van der Waals surface area contributed by atoms with E-state index >= 15 is 0 Å². The molecule has 0 saturated heterocycles. The monoisotopic (exact) mass is 400 g/mol. The van der Waals surface area contributed by atoms with Crippen LogP contribution in [0.4, 0.5) is 0 Å². The minimum Gasteiger partial charge on any atom is -0.507 e. The molecule has 1 N–H and O–H groups in total. The number of fused-ring (bicyclic) bond motifs is 1. The number of carbonyl (C=O) groups excluding carboxylic acids is 2. The number of aliphatic hydroxyl groups excluding tert-OH is 1. The number of ketones is 2. The van der Waals surface area contributed by atoms with E-state index < -0.39 is 11.6 Å². The van der Waals surface area contributed by atoms with Crippen LogP contribution < -0.4 is 0 Å². The summed E-state index contributed by atoms with van der Waals surface area (Å²) in [5.41, 5.74) is 2.17. The fraction of sp³-hybridized carbons (Fsp3) is 0.273. The Morgan fingerprint density at radius 1 is 0.778 bits per heavy atom. The third kappa shape index (κ3) is 3.19. The van der Waals surface area contributed by atoms with Gasteiger partial charge in [-0.05, 0) is 55.2 Å². The third-order valence-corrected chi connectivity index (χ3v) is 6.42. The predicted octanol–water partition coefficient (Wildman–Crippen LogP) is 6.00. The molecule has 2 aromatic carbocycles. The Bertz CT molecular complexity index is 969. The number of halogens is 2. The topological polar surface area (TPSA) is 54.4 Å². The summed E-state index contributed by atoms with van der Waals surface area (Å²) in [6.07, 6.45) is 3.21. The number of hydrogen-bond acceptors (Lipinski definition) is 3. The zero-order valence-electron chi connectivity index (χ0n) is 14.5. The van der Waals surface area contributed by atoms with Crippen molar-refractivity contribution in [3.05, 3.63) is 74.8 Å². The molecule has 2 aliphatic carbocycles. The van der Waals surface area contributed by atoms with Crippen LogP contribution in [0.3, 0.4) is 0 Å². The number of allylic oxidation sites excluding steroid dienone is 1. The Hall–Kier alpha value is -2.10. The lowest BCUT2D eigenvalue weighted by Gasteiger charge is -2.31. The molecule has 3 nitrogen and oxygen atoms in total. The maximum absolute atomic E-state index is 12.6. The molecule has 0 radical (unpaired) electrons. The largest absolute Gasteiger partial charge is 0.507 e. The van der Waals surface area contributed by atoms with E-state index in [1.54, 1.807) is 30.3 Å². The second kappa shape index (κ2) is 7.14. The van der Waals surface area contributed by atoms with E-state index in [0.717, 1.165) is 31.2 Å². The molecule has 27 heavy (non-hydrogen) atoms. The van der Waals surface area contributed by atoms with Crippen molar-refractivity contribution < 1.29 is 14.7 Å². The van der Waals surface area contributed by atoms with Gasteiger partial charge in [0, 0.05) is 16.7 Å². The number of hydrogen-bond donors (Lipinski definition) is 1. The average molecular weight is 401 g/mol. The quantitative estimate of drug-likeness (QED) is 0.628. The summed E-state index contributed by atoms with van der Waals surface area (Å²) in [6.45, 7) is 0. The number of rotatable bonds is 2. The summed E-state index contributed by atoms with van der Waals surface area (Å²) in [5.74, 6) is -0.892. The molecule has 138 valence electrons. The van der Waals surface area contributed by atoms with Crippen molar-refractivity contribution in [2.75, 3.05) is 0 Å². The highest BCUT2D eigenvalue weighted by Crippen LogP contribution is 2.43. The summed E-state index contributed by atoms with van der Waals surface area (Å²) < 4.78 is 0. The van der Waals surface area contributed by atoms with Crippen LogP contribution in [0.5, 0.6) is 0 Å². The number of aliphatic hydroxyl groups is 1. The van der Waals surface area contributed by atoms with E-state index in [0.29, 0.717) is 21.5 Å². The molecule has 0 amide bonds. The normalized spacial score (nSPS) is 22.7. The van der Waals surface area contributed by atoms with Crippen LogP contribution in [0.2, 0.25) is 10.0 Å². The van der Waals surface area contributed by atoms with Gasteiger partial charge in [0.15, 0.2) is 0 Å². The van der Waals surface area contributed by atoms with Gasteiger partial charge >= 0.3 is 0 Å². The Balaban J connectivity index is 1.58. The molecule has 0 aliphatic heterocycles. The van der Waals surface area contributed by atoms with Crippen LogP contribution >= 0.6 is 23.2 Å². The van der Waals surface area contributed by atoms with Gasteiger partial charge in [0.05, 0.1) is 10.0 Å². The van der Waals surface area contributed by atoms with Crippen molar-refractivity contribution in [2.24, 2.45) is 5.92 Å². The van der Waals surface area contributed by atoms with Crippen LogP contribution in [-0.4, -0.2) is 16.7 Å². The predicted molar refractivity (Wildman–Crippen MR) is 106 cm³/mol. The molecule has 0 aromatic heterocycles. The van der Waals surface area contributed by atoms with Gasteiger partial charge in [-0.15, -0.1) is 0 Å². The first kappa shape index (κ1) is 18.3. The summed E-state index contributed by atoms with van der Waals surface area (Å²) in [7, 11) is 0. The van der Waals surface area contributed by atoms with Gasteiger partial charge in [0.2, 0.25) is 11.6 Å². The van der Waals surface area contributed by atoms with Crippen molar-refractivity contribution in [3.63, 3.8) is 0 Å². The zero-order valence-corrected chi connectivity index (χ0v) is 16.1. The Kier molecular flexibility index (Phi) is 4.83. The van der Waals surface area contributed by atoms with E-state index in [9.17, 15) is 14.7 Å². The highest BCUT2D eigenvalue weighted by Gasteiger charge is 2.38. The molecular formula is C22H18Cl2O3. The number of benzene rings is 2. The SMILES string of the molecule is O=C1C(=O)c2ccccc2C(O)=C1C1CCC(c2ccc(Cl)c(Cl)c2)CC1. The zero-order chi connectivity index (χ0) is 19.1. The maximum atomic E-state index is 12.6. The van der Waals surface area contributed by atoms with Crippen LogP contribution in [-0.2, 0) is 4.79 Å². The summed E-state index contributed by atoms with van der Waals surface area (Å²) in [5, 5.41) is 11.8. The molecule has 2 aromatic rings. The second-order valence-electron chi connectivity index (χ2n) is 7.19. The minimum atomic E-state index is -0.566. The molecule has 5 heteroatoms. The van der Waals surface area contributed by atoms with Crippen LogP contribution in [0, 0.1) is 5.92 Å². The Morgan fingerprint density at radius 2 is 1.41 bits per heavy atom. The van der Waals surface area contributed by atoms with E-state index in [2.05, 4.69) is 0 Å². The molecule has 0 heterocycles. The molecule has 0 atom stereocenters. The van der Waals surface area contributed by atoms with Crippen LogP contribution in [0.15, 0.2) is 48.0 Å². The highest BCUT2D eigenvalue weighted by atomic mass is 35.5. The molecule has 0 unspecified atom stereocenters. The fourth-order valence-corrected chi connectivity index (χ4v) is 4.55. The first-order chi connectivity index (χ1) is 13.0. The van der Waals surface area contributed by atoms with Gasteiger partial charge in [-0.2, -0.15) is 0 Å². The molecule has 4 rings (SSSR count). The molecule has 2 aliphatic rings. The first-order valence-electron chi connectivity index (χ1n) is 9.04. The molecule has 0 bridgehead atoms. The van der Waals surface area contributed by atoms with E-state index in [-0.39, 0.29) is 22.8 Å². The lowest BCUT2D eigenvalue weighted by Crippen LogP contribution is -2.29. The van der Waals surface area contributed by atoms with Crippen molar-refractivity contribution in [3.8, 4) is 0 Å². The first-order valence-corrected chi connectivity index (χ1v) is 9.79. The van der Waals surface area contributed by atoms with Crippen molar-refractivity contribution in [2.45, 2.75) is 31.6 Å². The Labute approximate surface area is 167 Å². The molecule has 1 saturated carbocycles. The van der Waals surface area contributed by atoms with Crippen molar-refractivity contribution in [1.29, 1.82) is 0 Å². The van der Waals surface area contributed by atoms with Gasteiger partial charge in [-0.1, -0.05) is 53.5 Å². The Morgan fingerprint density at radius 3 is 2.07 bits per heavy atom. The maximum Gasteiger partial charge on any atom is 0.234 e. The fourth-order valence-electron chi connectivity index (χ4n) is 4.25. The average Bonchev–Trinajstić information content (AvgIpc) is 2.69. The van der Waals surface area contributed by atoms with Crippen molar-refractivity contribution in [1.82, 2.24) is 0 Å². The summed E-state index contributed by atoms with van der Waals surface area (Å²) in [6, 6.07) is 12.4. The van der Waals surface area contributed by atoms with Crippen LogP contribution in [0.1, 0.15) is 53.1 Å². The lowest BCUT2D eigenvalue weighted by molar-refractivity contribution is -0.112. The van der Waals surface area contributed by atoms with Gasteiger partial charge < -0.3 is 5.11 Å². The lowest BCUT2D eigenvalue weighted by atomic mass is 9.72. The molecule has 0 spiro atoms. The summed E-state index contributed by atoms with van der Waals surface area (Å²) >= 11 is 12.1. The van der Waals surface area contributed by atoms with E-state index in [1.807, 2.05) is 12.1 Å².